The fourth-order valence-electron chi connectivity index (χ4n) is 2.95. The molecule has 0 aliphatic carbocycles. The van der Waals surface area contributed by atoms with E-state index in [1.165, 1.54) is 30.7 Å². The number of amides is 1. The van der Waals surface area contributed by atoms with E-state index in [4.69, 9.17) is 15.2 Å². The number of carbonyl (C=O) groups excluding carboxylic acids is 1. The zero-order valence-corrected chi connectivity index (χ0v) is 17.4. The summed E-state index contributed by atoms with van der Waals surface area (Å²) in [6.45, 7) is 2.47. The monoisotopic (exact) mass is 421 g/mol. The van der Waals surface area contributed by atoms with E-state index in [1.807, 2.05) is 0 Å². The molecule has 1 aliphatic rings. The number of nitrogens with one attached hydrogen (secondary N) is 1. The van der Waals surface area contributed by atoms with E-state index < -0.39 is 10.0 Å². The molecule has 0 radical (unpaired) electrons. The maximum absolute atomic E-state index is 12.9. The number of ether oxygens (including phenoxy) is 2. The van der Waals surface area contributed by atoms with Gasteiger partial charge in [0.05, 0.1) is 19.1 Å². The van der Waals surface area contributed by atoms with Gasteiger partial charge in [-0.2, -0.15) is 4.31 Å². The standard InChI is InChI=1S/C17H27N3O5S.ClH/c1-12(18)10-17(21)19-13-6-8-20(9-7-13)26(22,23)14-4-5-15(24-2)16(11-14)25-3;/h4-5,11-13H,6-10,18H2,1-3H3,(H,19,21);1H. The first-order valence-corrected chi connectivity index (χ1v) is 9.99. The third-order valence-corrected chi connectivity index (χ3v) is 6.21. The van der Waals surface area contributed by atoms with Crippen molar-refractivity contribution in [3.63, 3.8) is 0 Å². The molecular weight excluding hydrogens is 394 g/mol. The number of hydrogen-bond donors (Lipinski definition) is 2. The highest BCUT2D eigenvalue weighted by Gasteiger charge is 2.30. The second-order valence-electron chi connectivity index (χ2n) is 6.44. The summed E-state index contributed by atoms with van der Waals surface area (Å²) in [6, 6.07) is 4.32. The lowest BCUT2D eigenvalue weighted by atomic mass is 10.1. The molecule has 27 heavy (non-hydrogen) atoms. The highest BCUT2D eigenvalue weighted by atomic mass is 35.5. The highest BCUT2D eigenvalue weighted by Crippen LogP contribution is 2.31. The summed E-state index contributed by atoms with van der Waals surface area (Å²) in [5.41, 5.74) is 5.62. The van der Waals surface area contributed by atoms with Crippen LogP contribution in [0, 0.1) is 0 Å². The smallest absolute Gasteiger partial charge is 0.243 e. The van der Waals surface area contributed by atoms with Crippen LogP contribution < -0.4 is 20.5 Å². The SMILES string of the molecule is COc1ccc(S(=O)(=O)N2CCC(NC(=O)CC(C)N)CC2)cc1OC.Cl. The van der Waals surface area contributed by atoms with E-state index in [0.29, 0.717) is 37.4 Å². The minimum Gasteiger partial charge on any atom is -0.493 e. The molecule has 1 atom stereocenters. The summed E-state index contributed by atoms with van der Waals surface area (Å²) in [5.74, 6) is 0.745. The molecule has 1 saturated heterocycles. The van der Waals surface area contributed by atoms with Gasteiger partial charge in [0.1, 0.15) is 0 Å². The minimum absolute atomic E-state index is 0. The van der Waals surface area contributed by atoms with Crippen LogP contribution in [0.15, 0.2) is 23.1 Å². The van der Waals surface area contributed by atoms with E-state index in [9.17, 15) is 13.2 Å². The summed E-state index contributed by atoms with van der Waals surface area (Å²) in [4.78, 5) is 12.0. The van der Waals surface area contributed by atoms with Crippen LogP contribution in [0.25, 0.3) is 0 Å². The summed E-state index contributed by atoms with van der Waals surface area (Å²) in [5, 5.41) is 2.92. The molecule has 1 aliphatic heterocycles. The van der Waals surface area contributed by atoms with Crippen molar-refractivity contribution in [2.75, 3.05) is 27.3 Å². The van der Waals surface area contributed by atoms with Gasteiger partial charge in [0.25, 0.3) is 0 Å². The van der Waals surface area contributed by atoms with E-state index in [1.54, 1.807) is 13.0 Å². The molecule has 2 rings (SSSR count). The van der Waals surface area contributed by atoms with Crippen molar-refractivity contribution in [2.24, 2.45) is 5.73 Å². The molecule has 3 N–H and O–H groups in total. The quantitative estimate of drug-likeness (QED) is 0.682. The number of sulfonamides is 1. The van der Waals surface area contributed by atoms with Crippen LogP contribution in [0.2, 0.25) is 0 Å². The lowest BCUT2D eigenvalue weighted by molar-refractivity contribution is -0.122. The number of methoxy groups -OCH3 is 2. The van der Waals surface area contributed by atoms with Crippen LogP contribution in [0.5, 0.6) is 11.5 Å². The minimum atomic E-state index is -3.63. The van der Waals surface area contributed by atoms with Crippen LogP contribution in [0.1, 0.15) is 26.2 Å². The maximum Gasteiger partial charge on any atom is 0.243 e. The second kappa shape index (κ2) is 10.1. The topological polar surface area (TPSA) is 111 Å². The van der Waals surface area contributed by atoms with Gasteiger partial charge in [-0.25, -0.2) is 8.42 Å². The van der Waals surface area contributed by atoms with Crippen LogP contribution in [0.3, 0.4) is 0 Å². The van der Waals surface area contributed by atoms with Crippen LogP contribution in [-0.2, 0) is 14.8 Å². The van der Waals surface area contributed by atoms with Gasteiger partial charge < -0.3 is 20.5 Å². The van der Waals surface area contributed by atoms with E-state index >= 15 is 0 Å². The first-order valence-electron chi connectivity index (χ1n) is 8.55. The molecule has 8 nitrogen and oxygen atoms in total. The molecule has 0 spiro atoms. The molecule has 1 fully saturated rings. The van der Waals surface area contributed by atoms with Gasteiger partial charge in [0.15, 0.2) is 11.5 Å². The number of rotatable bonds is 7. The van der Waals surface area contributed by atoms with Gasteiger partial charge in [0, 0.05) is 37.7 Å². The summed E-state index contributed by atoms with van der Waals surface area (Å²) in [6.07, 6.45) is 1.40. The Balaban J connectivity index is 0.00000364. The molecule has 1 aromatic carbocycles. The molecule has 1 amide bonds. The predicted molar refractivity (Wildman–Crippen MR) is 105 cm³/mol. The van der Waals surface area contributed by atoms with Crippen molar-refractivity contribution in [1.29, 1.82) is 0 Å². The average molecular weight is 422 g/mol. The Kier molecular flexibility index (Phi) is 8.80. The van der Waals surface area contributed by atoms with Crippen LogP contribution in [0.4, 0.5) is 0 Å². The van der Waals surface area contributed by atoms with E-state index in [2.05, 4.69) is 5.32 Å². The number of nitrogens with two attached hydrogens (primary N) is 1. The third-order valence-electron chi connectivity index (χ3n) is 4.32. The van der Waals surface area contributed by atoms with Gasteiger partial charge in [-0.1, -0.05) is 0 Å². The van der Waals surface area contributed by atoms with Crippen LogP contribution >= 0.6 is 12.4 Å². The molecule has 0 bridgehead atoms. The Morgan fingerprint density at radius 1 is 1.26 bits per heavy atom. The fourth-order valence-corrected chi connectivity index (χ4v) is 4.43. The molecule has 0 saturated carbocycles. The average Bonchev–Trinajstić information content (AvgIpc) is 2.60. The van der Waals surface area contributed by atoms with Gasteiger partial charge in [-0.3, -0.25) is 4.79 Å². The Morgan fingerprint density at radius 2 is 1.85 bits per heavy atom. The molecule has 154 valence electrons. The molecule has 0 aromatic heterocycles. The Hall–Kier alpha value is -1.55. The van der Waals surface area contributed by atoms with Crippen molar-refractivity contribution in [1.82, 2.24) is 9.62 Å². The van der Waals surface area contributed by atoms with Gasteiger partial charge in [0.2, 0.25) is 15.9 Å². The van der Waals surface area contributed by atoms with Crippen molar-refractivity contribution in [3.05, 3.63) is 18.2 Å². The van der Waals surface area contributed by atoms with Crippen molar-refractivity contribution in [2.45, 2.75) is 43.2 Å². The van der Waals surface area contributed by atoms with E-state index in [0.717, 1.165) is 0 Å². The van der Waals surface area contributed by atoms with Crippen LogP contribution in [-0.4, -0.2) is 58.0 Å². The molecule has 1 aromatic rings. The molecular formula is C17H28ClN3O5S. The largest absolute Gasteiger partial charge is 0.493 e. The second-order valence-corrected chi connectivity index (χ2v) is 8.38. The summed E-state index contributed by atoms with van der Waals surface area (Å²) >= 11 is 0. The zero-order chi connectivity index (χ0) is 19.3. The number of hydrogen-bond acceptors (Lipinski definition) is 6. The van der Waals surface area contributed by atoms with Gasteiger partial charge >= 0.3 is 0 Å². The Morgan fingerprint density at radius 3 is 2.37 bits per heavy atom. The lowest BCUT2D eigenvalue weighted by Gasteiger charge is -2.31. The zero-order valence-electron chi connectivity index (χ0n) is 15.8. The fraction of sp³-hybridized carbons (Fsp3) is 0.588. The van der Waals surface area contributed by atoms with Gasteiger partial charge in [-0.05, 0) is 31.9 Å². The number of benzene rings is 1. The first-order chi connectivity index (χ1) is 12.3. The van der Waals surface area contributed by atoms with Crippen molar-refractivity contribution in [3.8, 4) is 11.5 Å². The third kappa shape index (κ3) is 5.97. The normalized spacial score (nSPS) is 16.9. The Bertz CT molecular complexity index is 734. The highest BCUT2D eigenvalue weighted by molar-refractivity contribution is 7.89. The summed E-state index contributed by atoms with van der Waals surface area (Å²) in [7, 11) is -0.666. The van der Waals surface area contributed by atoms with Crippen molar-refractivity contribution < 1.29 is 22.7 Å². The number of halogens is 1. The lowest BCUT2D eigenvalue weighted by Crippen LogP contribution is -2.47. The maximum atomic E-state index is 12.9. The number of piperidine rings is 1. The molecule has 1 heterocycles. The predicted octanol–water partition coefficient (Wildman–Crippen LogP) is 1.13. The summed E-state index contributed by atoms with van der Waals surface area (Å²) < 4.78 is 37.5. The van der Waals surface area contributed by atoms with Crippen molar-refractivity contribution >= 4 is 28.3 Å². The Labute approximate surface area is 166 Å². The van der Waals surface area contributed by atoms with Gasteiger partial charge in [-0.15, -0.1) is 12.4 Å². The molecule has 1 unspecified atom stereocenters. The number of nitrogens with zero attached hydrogens (tertiary/aromatic N) is 1. The van der Waals surface area contributed by atoms with E-state index in [-0.39, 0.29) is 41.7 Å². The number of carbonyl (C=O) groups is 1. The first kappa shape index (κ1) is 23.5. The molecule has 10 heteroatoms.